The van der Waals surface area contributed by atoms with Gasteiger partial charge in [0.25, 0.3) is 0 Å². The van der Waals surface area contributed by atoms with Crippen LogP contribution in [0.25, 0.3) is 0 Å². The van der Waals surface area contributed by atoms with Crippen LogP contribution in [0, 0.1) is 5.92 Å². The molecule has 0 amide bonds. The van der Waals surface area contributed by atoms with Crippen LogP contribution in [0.15, 0.2) is 0 Å². The number of piperidine rings is 1. The van der Waals surface area contributed by atoms with Gasteiger partial charge < -0.3 is 9.22 Å². The third kappa shape index (κ3) is 1.91. The molecule has 0 aliphatic carbocycles. The molecule has 3 atom stereocenters. The van der Waals surface area contributed by atoms with Crippen LogP contribution in [0.5, 0.6) is 0 Å². The van der Waals surface area contributed by atoms with Crippen LogP contribution in [0.2, 0.25) is 0 Å². The number of carbonyl (C=O) groups is 1. The van der Waals surface area contributed by atoms with Gasteiger partial charge in [0.05, 0.1) is 38.9 Å². The predicted molar refractivity (Wildman–Crippen MR) is 63.1 cm³/mol. The molecule has 2 aliphatic rings. The minimum absolute atomic E-state index is 0.150. The molecule has 2 rings (SSSR count). The number of rotatable bonds is 0. The minimum atomic E-state index is -0.150. The van der Waals surface area contributed by atoms with E-state index in [1.807, 2.05) is 0 Å². The van der Waals surface area contributed by atoms with Crippen LogP contribution in [0.3, 0.4) is 0 Å². The quantitative estimate of drug-likeness (QED) is 0.587. The van der Waals surface area contributed by atoms with Crippen molar-refractivity contribution in [2.24, 2.45) is 5.92 Å². The summed E-state index contributed by atoms with van der Waals surface area (Å²) in [6.45, 7) is 6.25. The van der Waals surface area contributed by atoms with Crippen molar-refractivity contribution in [2.75, 3.05) is 27.2 Å². The zero-order chi connectivity index (χ0) is 12.0. The Hall–Kier alpha value is -0.410. The van der Waals surface area contributed by atoms with Crippen molar-refractivity contribution in [3.8, 4) is 0 Å². The summed E-state index contributed by atoms with van der Waals surface area (Å²) in [5.41, 5.74) is -0.150. The van der Waals surface area contributed by atoms with Gasteiger partial charge in [-0.25, -0.2) is 0 Å². The smallest absolute Gasteiger partial charge is 0.138 e. The first kappa shape index (κ1) is 12.1. The number of hydrogen-bond donors (Lipinski definition) is 0. The molecular weight excluding hydrogens is 202 g/mol. The largest absolute Gasteiger partial charge is 0.373 e. The Morgan fingerprint density at radius 1 is 1.38 bits per heavy atom. The summed E-state index contributed by atoms with van der Waals surface area (Å²) >= 11 is 0. The molecule has 0 aromatic rings. The van der Waals surface area contributed by atoms with E-state index in [9.17, 15) is 4.79 Å². The van der Waals surface area contributed by atoms with Crippen LogP contribution in [0.4, 0.5) is 0 Å². The first-order valence-electron chi connectivity index (χ1n) is 6.34. The maximum atomic E-state index is 11.7. The molecule has 0 bridgehead atoms. The summed E-state index contributed by atoms with van der Waals surface area (Å²) < 4.78 is 7.06. The Labute approximate surface area is 98.4 Å². The van der Waals surface area contributed by atoms with E-state index in [-0.39, 0.29) is 5.60 Å². The molecule has 0 N–H and O–H groups in total. The fourth-order valence-electron chi connectivity index (χ4n) is 3.29. The molecule has 2 heterocycles. The van der Waals surface area contributed by atoms with E-state index >= 15 is 0 Å². The van der Waals surface area contributed by atoms with Crippen molar-refractivity contribution < 1.29 is 14.0 Å². The standard InChI is InChI=1S/C13H24NO2/c1-10-9-14(3,4)11(2)7-13(10)8-12(15)5-6-16-13/h10-11H,5-9H2,1-4H3/q+1. The normalized spacial score (nSPS) is 43.6. The number of ether oxygens (including phenoxy) is 1. The number of Topliss-reactive ketones (excluding diaryl/α,β-unsaturated/α-hetero) is 1. The summed E-state index contributed by atoms with van der Waals surface area (Å²) in [7, 11) is 4.55. The summed E-state index contributed by atoms with van der Waals surface area (Å²) in [5.74, 6) is 0.862. The third-order valence-electron chi connectivity index (χ3n) is 4.74. The first-order valence-corrected chi connectivity index (χ1v) is 6.34. The summed E-state index contributed by atoms with van der Waals surface area (Å²) in [5, 5.41) is 0. The zero-order valence-electron chi connectivity index (χ0n) is 11.0. The molecule has 0 radical (unpaired) electrons. The van der Waals surface area contributed by atoms with E-state index in [1.165, 1.54) is 0 Å². The van der Waals surface area contributed by atoms with Crippen molar-refractivity contribution in [1.82, 2.24) is 0 Å². The molecule has 92 valence electrons. The SMILES string of the molecule is CC1C[N+](C)(C)C(C)CC12CC(=O)CCO2. The Balaban J connectivity index is 2.19. The molecule has 2 fully saturated rings. The van der Waals surface area contributed by atoms with E-state index in [0.717, 1.165) is 17.4 Å². The van der Waals surface area contributed by atoms with Gasteiger partial charge in [-0.15, -0.1) is 0 Å². The Morgan fingerprint density at radius 3 is 2.69 bits per heavy atom. The molecule has 0 aromatic carbocycles. The van der Waals surface area contributed by atoms with Gasteiger partial charge in [-0.05, 0) is 6.92 Å². The van der Waals surface area contributed by atoms with Gasteiger partial charge >= 0.3 is 0 Å². The van der Waals surface area contributed by atoms with Crippen molar-refractivity contribution in [3.05, 3.63) is 0 Å². The number of nitrogens with zero attached hydrogens (tertiary/aromatic N) is 1. The van der Waals surface area contributed by atoms with E-state index in [4.69, 9.17) is 4.74 Å². The van der Waals surface area contributed by atoms with Crippen molar-refractivity contribution in [3.63, 3.8) is 0 Å². The number of quaternary nitrogens is 1. The lowest BCUT2D eigenvalue weighted by Gasteiger charge is -2.53. The second-order valence-electron chi connectivity index (χ2n) is 6.29. The molecule has 0 aromatic heterocycles. The highest BCUT2D eigenvalue weighted by atomic mass is 16.5. The van der Waals surface area contributed by atoms with Crippen LogP contribution >= 0.6 is 0 Å². The molecule has 3 heteroatoms. The van der Waals surface area contributed by atoms with Gasteiger partial charge in [0.15, 0.2) is 0 Å². The highest BCUT2D eigenvalue weighted by Crippen LogP contribution is 2.41. The molecule has 1 spiro atoms. The topological polar surface area (TPSA) is 26.3 Å². The molecule has 3 nitrogen and oxygen atoms in total. The number of carbonyl (C=O) groups excluding carboxylic acids is 1. The molecule has 16 heavy (non-hydrogen) atoms. The van der Waals surface area contributed by atoms with Crippen LogP contribution < -0.4 is 0 Å². The lowest BCUT2D eigenvalue weighted by Crippen LogP contribution is -2.63. The first-order chi connectivity index (χ1) is 7.36. The molecule has 3 unspecified atom stereocenters. The van der Waals surface area contributed by atoms with Crippen LogP contribution in [-0.4, -0.2) is 49.2 Å². The lowest BCUT2D eigenvalue weighted by molar-refractivity contribution is -0.924. The van der Waals surface area contributed by atoms with E-state index in [0.29, 0.717) is 37.2 Å². The fraction of sp³-hybridized carbons (Fsp3) is 0.923. The molecule has 2 saturated heterocycles. The number of ketones is 1. The van der Waals surface area contributed by atoms with Gasteiger partial charge in [0.2, 0.25) is 0 Å². The zero-order valence-corrected chi connectivity index (χ0v) is 11.0. The van der Waals surface area contributed by atoms with Gasteiger partial charge in [-0.2, -0.15) is 0 Å². The lowest BCUT2D eigenvalue weighted by atomic mass is 9.73. The minimum Gasteiger partial charge on any atom is -0.373 e. The number of hydrogen-bond acceptors (Lipinski definition) is 2. The van der Waals surface area contributed by atoms with Crippen LogP contribution in [-0.2, 0) is 9.53 Å². The van der Waals surface area contributed by atoms with E-state index in [1.54, 1.807) is 0 Å². The van der Waals surface area contributed by atoms with Gasteiger partial charge in [-0.3, -0.25) is 4.79 Å². The summed E-state index contributed by atoms with van der Waals surface area (Å²) in [6.07, 6.45) is 2.27. The maximum absolute atomic E-state index is 11.7. The molecular formula is C13H24NO2+. The summed E-state index contributed by atoms with van der Waals surface area (Å²) in [6, 6.07) is 0.571. The Bertz CT molecular complexity index is 300. The van der Waals surface area contributed by atoms with E-state index < -0.39 is 0 Å². The van der Waals surface area contributed by atoms with Crippen LogP contribution in [0.1, 0.15) is 33.1 Å². The Morgan fingerprint density at radius 2 is 2.06 bits per heavy atom. The van der Waals surface area contributed by atoms with Crippen molar-refractivity contribution in [1.29, 1.82) is 0 Å². The highest BCUT2D eigenvalue weighted by molar-refractivity contribution is 5.80. The van der Waals surface area contributed by atoms with Gasteiger partial charge in [-0.1, -0.05) is 6.92 Å². The maximum Gasteiger partial charge on any atom is 0.138 e. The van der Waals surface area contributed by atoms with Gasteiger partial charge in [0, 0.05) is 25.2 Å². The highest BCUT2D eigenvalue weighted by Gasteiger charge is 2.51. The second-order valence-corrected chi connectivity index (χ2v) is 6.29. The Kier molecular flexibility index (Phi) is 2.87. The fourth-order valence-corrected chi connectivity index (χ4v) is 3.29. The van der Waals surface area contributed by atoms with Gasteiger partial charge in [0.1, 0.15) is 5.78 Å². The average molecular weight is 226 g/mol. The summed E-state index contributed by atoms with van der Waals surface area (Å²) in [4.78, 5) is 11.7. The second kappa shape index (κ2) is 3.81. The van der Waals surface area contributed by atoms with Crippen molar-refractivity contribution in [2.45, 2.75) is 44.8 Å². The molecule has 2 aliphatic heterocycles. The molecule has 0 saturated carbocycles. The van der Waals surface area contributed by atoms with Crippen molar-refractivity contribution >= 4 is 5.78 Å². The number of likely N-dealkylation sites (tertiary alicyclic amines) is 1. The van der Waals surface area contributed by atoms with E-state index in [2.05, 4.69) is 27.9 Å². The predicted octanol–water partition coefficient (Wildman–Crippen LogP) is 1.61. The third-order valence-corrected chi connectivity index (χ3v) is 4.74. The average Bonchev–Trinajstić information content (AvgIpc) is 2.14. The monoisotopic (exact) mass is 226 g/mol.